The monoisotopic (exact) mass is 563 g/mol. The lowest BCUT2D eigenvalue weighted by atomic mass is 9.94. The zero-order valence-corrected chi connectivity index (χ0v) is 25.1. The van der Waals surface area contributed by atoms with E-state index >= 15 is 0 Å². The highest BCUT2D eigenvalue weighted by molar-refractivity contribution is 7.80. The van der Waals surface area contributed by atoms with Crippen molar-refractivity contribution in [2.45, 2.75) is 122 Å². The number of aromatic hydroxyl groups is 1. The van der Waals surface area contributed by atoms with Crippen molar-refractivity contribution < 1.29 is 24.2 Å². The molecule has 1 aliphatic rings. The molecule has 9 heteroatoms. The quantitative estimate of drug-likeness (QED) is 0.167. The van der Waals surface area contributed by atoms with Gasteiger partial charge in [0.2, 0.25) is 11.8 Å². The Hall–Kier alpha value is -2.42. The average Bonchev–Trinajstić information content (AvgIpc) is 2.88. The summed E-state index contributed by atoms with van der Waals surface area (Å²) in [6.45, 7) is 7.72. The standard InChI is InChI=1S/C30H49N3O5S/c1-5-6-7-8-9-15-20-33(28(36)24(21-39)32-29(37)38-30(2,3)4)26(23-18-13-14-19-25(23)34)27(35)31-22-16-11-10-12-17-22/h13-14,18-19,22,24,26,34,39H,5-12,15-17,20-21H2,1-4H3,(H,31,35)(H,32,37). The molecule has 1 aliphatic carbocycles. The van der Waals surface area contributed by atoms with E-state index in [9.17, 15) is 19.5 Å². The van der Waals surface area contributed by atoms with Crippen LogP contribution in [0.5, 0.6) is 5.75 Å². The van der Waals surface area contributed by atoms with Gasteiger partial charge in [0, 0.05) is 23.9 Å². The lowest BCUT2D eigenvalue weighted by molar-refractivity contribution is -0.142. The first-order valence-corrected chi connectivity index (χ1v) is 15.2. The maximum Gasteiger partial charge on any atom is 0.408 e. The second-order valence-electron chi connectivity index (χ2n) is 11.5. The summed E-state index contributed by atoms with van der Waals surface area (Å²) in [6.07, 6.45) is 10.4. The number of alkyl carbamates (subject to hydrolysis) is 1. The van der Waals surface area contributed by atoms with Gasteiger partial charge in [-0.2, -0.15) is 12.6 Å². The topological polar surface area (TPSA) is 108 Å². The molecule has 3 amide bonds. The van der Waals surface area contributed by atoms with E-state index in [1.165, 1.54) is 11.0 Å². The van der Waals surface area contributed by atoms with Crippen molar-refractivity contribution in [3.63, 3.8) is 0 Å². The molecule has 3 N–H and O–H groups in total. The van der Waals surface area contributed by atoms with Crippen LogP contribution in [0.25, 0.3) is 0 Å². The molecule has 1 aromatic rings. The summed E-state index contributed by atoms with van der Waals surface area (Å²) in [7, 11) is 0. The number of benzene rings is 1. The molecule has 8 nitrogen and oxygen atoms in total. The summed E-state index contributed by atoms with van der Waals surface area (Å²) in [6, 6.07) is 4.63. The number of hydrogen-bond donors (Lipinski definition) is 4. The van der Waals surface area contributed by atoms with Crippen molar-refractivity contribution in [3.8, 4) is 5.75 Å². The minimum atomic E-state index is -1.04. The molecule has 1 fully saturated rings. The molecule has 2 rings (SSSR count). The number of nitrogens with one attached hydrogen (secondary N) is 2. The Labute approximate surface area is 240 Å². The van der Waals surface area contributed by atoms with Crippen LogP contribution in [-0.4, -0.2) is 57.9 Å². The molecule has 0 aliphatic heterocycles. The van der Waals surface area contributed by atoms with Gasteiger partial charge in [0.15, 0.2) is 0 Å². The van der Waals surface area contributed by atoms with Crippen molar-refractivity contribution in [2.75, 3.05) is 12.3 Å². The van der Waals surface area contributed by atoms with Crippen LogP contribution in [0.4, 0.5) is 4.79 Å². The van der Waals surface area contributed by atoms with E-state index in [-0.39, 0.29) is 23.5 Å². The molecule has 0 aromatic heterocycles. The largest absolute Gasteiger partial charge is 0.508 e. The summed E-state index contributed by atoms with van der Waals surface area (Å²) >= 11 is 4.35. The summed E-state index contributed by atoms with van der Waals surface area (Å²) in [5.41, 5.74) is -0.370. The van der Waals surface area contributed by atoms with Gasteiger partial charge in [0.25, 0.3) is 0 Å². The van der Waals surface area contributed by atoms with Crippen molar-refractivity contribution in [3.05, 3.63) is 29.8 Å². The Kier molecular flexibility index (Phi) is 14.0. The Morgan fingerprint density at radius 3 is 2.31 bits per heavy atom. The molecule has 0 heterocycles. The lowest BCUT2D eigenvalue weighted by Crippen LogP contribution is -2.54. The number of rotatable bonds is 14. The Morgan fingerprint density at radius 1 is 1.05 bits per heavy atom. The molecule has 2 atom stereocenters. The highest BCUT2D eigenvalue weighted by Crippen LogP contribution is 2.31. The number of unbranched alkanes of at least 4 members (excludes halogenated alkanes) is 5. The van der Waals surface area contributed by atoms with Crippen LogP contribution in [0.1, 0.15) is 110 Å². The predicted octanol–water partition coefficient (Wildman–Crippen LogP) is 5.89. The Bertz CT molecular complexity index is 914. The number of nitrogens with zero attached hydrogens (tertiary/aromatic N) is 1. The first-order valence-electron chi connectivity index (χ1n) is 14.6. The molecule has 220 valence electrons. The minimum absolute atomic E-state index is 0.0306. The van der Waals surface area contributed by atoms with Gasteiger partial charge in [-0.25, -0.2) is 4.79 Å². The van der Waals surface area contributed by atoms with Gasteiger partial charge in [-0.05, 0) is 46.1 Å². The van der Waals surface area contributed by atoms with E-state index in [2.05, 4.69) is 30.2 Å². The molecular formula is C30H49N3O5S. The van der Waals surface area contributed by atoms with Gasteiger partial charge < -0.3 is 25.4 Å². The van der Waals surface area contributed by atoms with Gasteiger partial charge in [0.05, 0.1) is 0 Å². The van der Waals surface area contributed by atoms with E-state index in [0.717, 1.165) is 64.2 Å². The number of carbonyl (C=O) groups excluding carboxylic acids is 3. The van der Waals surface area contributed by atoms with Gasteiger partial charge in [-0.3, -0.25) is 9.59 Å². The average molecular weight is 564 g/mol. The molecule has 0 saturated heterocycles. The summed E-state index contributed by atoms with van der Waals surface area (Å²) in [5, 5.41) is 16.6. The maximum atomic E-state index is 14.0. The molecule has 1 aromatic carbocycles. The fourth-order valence-corrected chi connectivity index (χ4v) is 5.21. The van der Waals surface area contributed by atoms with Crippen LogP contribution in [0.3, 0.4) is 0 Å². The van der Waals surface area contributed by atoms with Gasteiger partial charge in [0.1, 0.15) is 23.4 Å². The zero-order chi connectivity index (χ0) is 28.8. The van der Waals surface area contributed by atoms with Crippen LogP contribution in [0.15, 0.2) is 24.3 Å². The number of phenols is 1. The van der Waals surface area contributed by atoms with E-state index < -0.39 is 29.7 Å². The van der Waals surface area contributed by atoms with Crippen LogP contribution in [0, 0.1) is 0 Å². The third-order valence-electron chi connectivity index (χ3n) is 6.95. The molecule has 39 heavy (non-hydrogen) atoms. The van der Waals surface area contributed by atoms with E-state index in [0.29, 0.717) is 18.5 Å². The first-order chi connectivity index (χ1) is 18.6. The number of carbonyl (C=O) groups is 3. The van der Waals surface area contributed by atoms with E-state index in [1.807, 2.05) is 0 Å². The van der Waals surface area contributed by atoms with E-state index in [4.69, 9.17) is 4.74 Å². The SMILES string of the molecule is CCCCCCCCN(C(=O)C(CS)NC(=O)OC(C)(C)C)C(C(=O)NC1CCCCC1)c1ccccc1O. The van der Waals surface area contributed by atoms with Crippen LogP contribution >= 0.6 is 12.6 Å². The second-order valence-corrected chi connectivity index (χ2v) is 11.9. The van der Waals surface area contributed by atoms with E-state index in [1.54, 1.807) is 39.0 Å². The van der Waals surface area contributed by atoms with Crippen molar-refractivity contribution in [2.24, 2.45) is 0 Å². The third kappa shape index (κ3) is 11.3. The van der Waals surface area contributed by atoms with Crippen LogP contribution in [0.2, 0.25) is 0 Å². The number of amides is 3. The summed E-state index contributed by atoms with van der Waals surface area (Å²) in [4.78, 5) is 41.9. The van der Waals surface area contributed by atoms with Crippen molar-refractivity contribution in [1.29, 1.82) is 0 Å². The van der Waals surface area contributed by atoms with Crippen LogP contribution in [-0.2, 0) is 14.3 Å². The normalized spacial score (nSPS) is 15.7. The highest BCUT2D eigenvalue weighted by Gasteiger charge is 2.37. The maximum absolute atomic E-state index is 14.0. The molecule has 2 unspecified atom stereocenters. The highest BCUT2D eigenvalue weighted by atomic mass is 32.1. The Morgan fingerprint density at radius 2 is 1.69 bits per heavy atom. The first kappa shape index (κ1) is 32.8. The predicted molar refractivity (Wildman–Crippen MR) is 158 cm³/mol. The van der Waals surface area contributed by atoms with Crippen LogP contribution < -0.4 is 10.6 Å². The number of phenolic OH excluding ortho intramolecular Hbond substituents is 1. The van der Waals surface area contributed by atoms with Gasteiger partial charge >= 0.3 is 6.09 Å². The molecule has 0 radical (unpaired) electrons. The van der Waals surface area contributed by atoms with Gasteiger partial charge in [-0.15, -0.1) is 0 Å². The van der Waals surface area contributed by atoms with Crippen molar-refractivity contribution in [1.82, 2.24) is 15.5 Å². The molecule has 0 bridgehead atoms. The number of para-hydroxylation sites is 1. The fraction of sp³-hybridized carbons (Fsp3) is 0.700. The molecular weight excluding hydrogens is 514 g/mol. The summed E-state index contributed by atoms with van der Waals surface area (Å²) in [5.74, 6) is -0.776. The second kappa shape index (κ2) is 16.6. The molecule has 1 saturated carbocycles. The van der Waals surface area contributed by atoms with Gasteiger partial charge in [-0.1, -0.05) is 76.5 Å². The Balaban J connectivity index is 2.37. The lowest BCUT2D eigenvalue weighted by Gasteiger charge is -2.35. The number of thiol groups is 1. The smallest absolute Gasteiger partial charge is 0.408 e. The number of hydrogen-bond acceptors (Lipinski definition) is 6. The number of ether oxygens (including phenoxy) is 1. The summed E-state index contributed by atoms with van der Waals surface area (Å²) < 4.78 is 5.37. The third-order valence-corrected chi connectivity index (χ3v) is 7.32. The fourth-order valence-electron chi connectivity index (χ4n) is 4.96. The zero-order valence-electron chi connectivity index (χ0n) is 24.2. The van der Waals surface area contributed by atoms with Crippen molar-refractivity contribution >= 4 is 30.5 Å². The molecule has 0 spiro atoms. The minimum Gasteiger partial charge on any atom is -0.508 e.